The summed E-state index contributed by atoms with van der Waals surface area (Å²) in [6.45, 7) is 1.80. The summed E-state index contributed by atoms with van der Waals surface area (Å²) in [6.07, 6.45) is 8.23. The highest BCUT2D eigenvalue weighted by atomic mass is 16.5. The van der Waals surface area contributed by atoms with E-state index in [0.717, 1.165) is 17.8 Å². The third kappa shape index (κ3) is 3.35. The summed E-state index contributed by atoms with van der Waals surface area (Å²) in [7, 11) is 0. The monoisotopic (exact) mass is 361 g/mol. The third-order valence-electron chi connectivity index (χ3n) is 6.86. The summed E-state index contributed by atoms with van der Waals surface area (Å²) in [4.78, 5) is 35.3. The van der Waals surface area contributed by atoms with Crippen LogP contribution in [0, 0.1) is 23.2 Å². The van der Waals surface area contributed by atoms with E-state index in [-0.39, 0.29) is 48.4 Å². The van der Waals surface area contributed by atoms with Gasteiger partial charge in [0, 0.05) is 18.9 Å². The first-order valence-corrected chi connectivity index (χ1v) is 9.75. The molecule has 1 aliphatic heterocycles. The maximum absolute atomic E-state index is 12.3. The van der Waals surface area contributed by atoms with Crippen LogP contribution in [0.5, 0.6) is 0 Å². The zero-order valence-electron chi connectivity index (χ0n) is 15.3. The molecule has 0 aromatic heterocycles. The van der Waals surface area contributed by atoms with Gasteiger partial charge in [-0.25, -0.2) is 10.2 Å². The molecule has 4 fully saturated rings. The van der Waals surface area contributed by atoms with Crippen LogP contribution in [0.15, 0.2) is 5.10 Å². The Kier molecular flexibility index (Phi) is 4.49. The quantitative estimate of drug-likeness (QED) is 0.726. The summed E-state index contributed by atoms with van der Waals surface area (Å²) in [5.41, 5.74) is 2.64. The van der Waals surface area contributed by atoms with Gasteiger partial charge in [-0.2, -0.15) is 5.10 Å². The first-order chi connectivity index (χ1) is 12.4. The van der Waals surface area contributed by atoms with Gasteiger partial charge in [0.25, 0.3) is 5.91 Å². The molecule has 2 N–H and O–H groups in total. The highest BCUT2D eigenvalue weighted by Gasteiger charge is 2.53. The molecule has 7 nitrogen and oxygen atoms in total. The van der Waals surface area contributed by atoms with Crippen molar-refractivity contribution in [3.8, 4) is 0 Å². The van der Waals surface area contributed by atoms with Gasteiger partial charge in [0.2, 0.25) is 5.91 Å². The molecule has 0 aromatic carbocycles. The molecule has 2 amide bonds. The fourth-order valence-electron chi connectivity index (χ4n) is 5.98. The van der Waals surface area contributed by atoms with E-state index in [4.69, 9.17) is 4.74 Å². The second-order valence-electron chi connectivity index (χ2n) is 8.74. The molecule has 4 saturated carbocycles. The predicted octanol–water partition coefficient (Wildman–Crippen LogP) is 1.52. The number of nitrogens with zero attached hydrogens (tertiary/aromatic N) is 1. The van der Waals surface area contributed by atoms with Crippen LogP contribution in [-0.2, 0) is 19.1 Å². The molecule has 0 spiro atoms. The van der Waals surface area contributed by atoms with Crippen LogP contribution in [0.2, 0.25) is 0 Å². The summed E-state index contributed by atoms with van der Waals surface area (Å²) in [5.74, 6) is 1.38. The average Bonchev–Trinajstić information content (AvgIpc) is 2.59. The normalized spacial score (nSPS) is 36.1. The maximum Gasteiger partial charge on any atom is 0.355 e. The van der Waals surface area contributed by atoms with Gasteiger partial charge in [0.05, 0.1) is 0 Å². The van der Waals surface area contributed by atoms with Gasteiger partial charge in [-0.3, -0.25) is 9.59 Å². The number of hydrogen-bond donors (Lipinski definition) is 2. The Hall–Kier alpha value is -1.92. The van der Waals surface area contributed by atoms with Crippen molar-refractivity contribution in [1.29, 1.82) is 0 Å². The molecule has 0 aromatic rings. The van der Waals surface area contributed by atoms with Gasteiger partial charge >= 0.3 is 5.97 Å². The molecule has 1 heterocycles. The van der Waals surface area contributed by atoms with E-state index >= 15 is 0 Å². The summed E-state index contributed by atoms with van der Waals surface area (Å²) in [6, 6.07) is 0.105. The van der Waals surface area contributed by atoms with Crippen molar-refractivity contribution in [3.63, 3.8) is 0 Å². The number of ether oxygens (including phenoxy) is 1. The van der Waals surface area contributed by atoms with Crippen LogP contribution < -0.4 is 10.7 Å². The largest absolute Gasteiger partial charge is 0.451 e. The first-order valence-electron chi connectivity index (χ1n) is 9.75. The predicted molar refractivity (Wildman–Crippen MR) is 94.0 cm³/mol. The molecule has 4 aliphatic carbocycles. The molecular weight excluding hydrogens is 334 g/mol. The number of amides is 2. The zero-order valence-corrected chi connectivity index (χ0v) is 15.3. The van der Waals surface area contributed by atoms with E-state index in [1.165, 1.54) is 38.5 Å². The molecular formula is C19H27N3O4. The van der Waals surface area contributed by atoms with Gasteiger partial charge in [-0.15, -0.1) is 0 Å². The Morgan fingerprint density at radius 3 is 2.35 bits per heavy atom. The minimum absolute atomic E-state index is 0.105. The van der Waals surface area contributed by atoms with Crippen molar-refractivity contribution in [3.05, 3.63) is 0 Å². The van der Waals surface area contributed by atoms with Crippen LogP contribution in [0.3, 0.4) is 0 Å². The lowest BCUT2D eigenvalue weighted by atomic mass is 9.48. The van der Waals surface area contributed by atoms with Crippen molar-refractivity contribution in [2.24, 2.45) is 28.3 Å². The van der Waals surface area contributed by atoms with Gasteiger partial charge in [-0.1, -0.05) is 0 Å². The van der Waals surface area contributed by atoms with Gasteiger partial charge < -0.3 is 10.1 Å². The van der Waals surface area contributed by atoms with Crippen LogP contribution in [0.1, 0.15) is 58.3 Å². The van der Waals surface area contributed by atoms with Crippen LogP contribution in [0.4, 0.5) is 0 Å². The second-order valence-corrected chi connectivity index (χ2v) is 8.74. The van der Waals surface area contributed by atoms with Crippen LogP contribution >= 0.6 is 0 Å². The lowest BCUT2D eigenvalue weighted by Gasteiger charge is -2.59. The molecule has 26 heavy (non-hydrogen) atoms. The van der Waals surface area contributed by atoms with Crippen molar-refractivity contribution in [2.45, 2.75) is 64.3 Å². The molecule has 142 valence electrons. The van der Waals surface area contributed by atoms with E-state index in [1.807, 2.05) is 0 Å². The lowest BCUT2D eigenvalue weighted by Crippen LogP contribution is -2.56. The molecule has 0 radical (unpaired) electrons. The van der Waals surface area contributed by atoms with Crippen molar-refractivity contribution >= 4 is 23.5 Å². The molecule has 0 saturated heterocycles. The zero-order chi connectivity index (χ0) is 18.3. The highest BCUT2D eigenvalue weighted by molar-refractivity contribution is 6.37. The number of carbonyl (C=O) groups is 3. The first kappa shape index (κ1) is 17.5. The van der Waals surface area contributed by atoms with E-state index in [0.29, 0.717) is 0 Å². The Morgan fingerprint density at radius 2 is 1.81 bits per heavy atom. The number of esters is 1. The highest BCUT2D eigenvalue weighted by Crippen LogP contribution is 2.61. The smallest absolute Gasteiger partial charge is 0.355 e. The van der Waals surface area contributed by atoms with Crippen molar-refractivity contribution in [1.82, 2.24) is 10.7 Å². The number of hydrazone groups is 1. The Bertz CT molecular complexity index is 622. The Morgan fingerprint density at radius 1 is 1.19 bits per heavy atom. The maximum atomic E-state index is 12.3. The van der Waals surface area contributed by atoms with Gasteiger partial charge in [0.1, 0.15) is 5.71 Å². The fraction of sp³-hybridized carbons (Fsp3) is 0.789. The van der Waals surface area contributed by atoms with Gasteiger partial charge in [-0.05, 0) is 68.6 Å². The topological polar surface area (TPSA) is 96.9 Å². The minimum Gasteiger partial charge on any atom is -0.451 e. The Labute approximate surface area is 153 Å². The number of carbonyl (C=O) groups excluding carboxylic acids is 3. The lowest BCUT2D eigenvalue weighted by molar-refractivity contribution is -0.143. The number of rotatable bonds is 5. The summed E-state index contributed by atoms with van der Waals surface area (Å²) < 4.78 is 5.07. The standard InChI is InChI=1S/C19H27N3O4/c1-11(19-7-12-4-13(8-19)6-14(5-12)9-19)20-17(24)10-26-18(25)15-2-3-16(23)22-21-15/h11-14H,2-10H2,1H3,(H,20,24)(H,22,23)/t11-,12?,13?,14?,19?/m1/s1. The van der Waals surface area contributed by atoms with Crippen LogP contribution in [0.25, 0.3) is 0 Å². The van der Waals surface area contributed by atoms with Crippen molar-refractivity contribution < 1.29 is 19.1 Å². The van der Waals surface area contributed by atoms with E-state index in [1.54, 1.807) is 0 Å². The summed E-state index contributed by atoms with van der Waals surface area (Å²) >= 11 is 0. The average molecular weight is 361 g/mol. The van der Waals surface area contributed by atoms with Crippen molar-refractivity contribution in [2.75, 3.05) is 6.61 Å². The molecule has 7 heteroatoms. The van der Waals surface area contributed by atoms with E-state index in [2.05, 4.69) is 22.8 Å². The molecule has 1 atom stereocenters. The summed E-state index contributed by atoms with van der Waals surface area (Å²) in [5, 5.41) is 6.76. The second kappa shape index (κ2) is 6.67. The molecule has 4 bridgehead atoms. The molecule has 0 unspecified atom stereocenters. The number of nitrogens with one attached hydrogen (secondary N) is 2. The third-order valence-corrected chi connectivity index (χ3v) is 6.86. The SMILES string of the molecule is C[C@@H](NC(=O)COC(=O)C1=NNC(=O)CC1)C12CC3CC(CC(C3)C1)C2. The van der Waals surface area contributed by atoms with Gasteiger partial charge in [0.15, 0.2) is 6.61 Å². The molecule has 5 rings (SSSR count). The molecule has 5 aliphatic rings. The van der Waals surface area contributed by atoms with E-state index in [9.17, 15) is 14.4 Å². The number of hydrogen-bond acceptors (Lipinski definition) is 5. The fourth-order valence-corrected chi connectivity index (χ4v) is 5.98. The van der Waals surface area contributed by atoms with Crippen LogP contribution in [-0.4, -0.2) is 36.1 Å². The van der Waals surface area contributed by atoms with E-state index < -0.39 is 5.97 Å². The minimum atomic E-state index is -0.636. The Balaban J connectivity index is 1.28.